The second-order valence-electron chi connectivity index (χ2n) is 7.55. The summed E-state index contributed by atoms with van der Waals surface area (Å²) in [6, 6.07) is 10.8. The van der Waals surface area contributed by atoms with Gasteiger partial charge in [-0.2, -0.15) is 0 Å². The van der Waals surface area contributed by atoms with Crippen LogP contribution in [0.2, 0.25) is 0 Å². The third-order valence-electron chi connectivity index (χ3n) is 4.67. The van der Waals surface area contributed by atoms with Crippen LogP contribution in [0.3, 0.4) is 0 Å². The molecule has 0 radical (unpaired) electrons. The molecule has 0 saturated heterocycles. The highest BCUT2D eigenvalue weighted by molar-refractivity contribution is 5.77. The van der Waals surface area contributed by atoms with Crippen molar-refractivity contribution in [1.29, 1.82) is 0 Å². The van der Waals surface area contributed by atoms with Gasteiger partial charge in [-0.25, -0.2) is 0 Å². The summed E-state index contributed by atoms with van der Waals surface area (Å²) in [7, 11) is 0. The average molecular weight is 344 g/mol. The van der Waals surface area contributed by atoms with E-state index in [1.165, 1.54) is 30.4 Å². The average Bonchev–Trinajstić information content (AvgIpc) is 2.59. The maximum atomic E-state index is 12.8. The molecule has 25 heavy (non-hydrogen) atoms. The van der Waals surface area contributed by atoms with E-state index in [0.29, 0.717) is 18.2 Å². The smallest absolute Gasteiger partial charge is 0.223 e. The lowest BCUT2D eigenvalue weighted by molar-refractivity contribution is -0.133. The van der Waals surface area contributed by atoms with Gasteiger partial charge >= 0.3 is 0 Å². The summed E-state index contributed by atoms with van der Waals surface area (Å²) in [5.41, 5.74) is 2.60. The minimum absolute atomic E-state index is 0.289. The van der Waals surface area contributed by atoms with Gasteiger partial charge in [0.2, 0.25) is 5.91 Å². The van der Waals surface area contributed by atoms with Gasteiger partial charge in [-0.05, 0) is 37.7 Å². The number of carbonyl (C=O) groups excluding carboxylic acids is 1. The number of hydrogen-bond acceptors (Lipinski definition) is 1. The molecule has 0 spiro atoms. The van der Waals surface area contributed by atoms with Crippen molar-refractivity contribution in [2.24, 2.45) is 5.92 Å². The zero-order valence-corrected chi connectivity index (χ0v) is 16.9. The second-order valence-corrected chi connectivity index (χ2v) is 7.55. The lowest BCUT2D eigenvalue weighted by Gasteiger charge is -2.30. The first kappa shape index (κ1) is 21.5. The van der Waals surface area contributed by atoms with Crippen LogP contribution in [-0.2, 0) is 4.79 Å². The van der Waals surface area contributed by atoms with Crippen molar-refractivity contribution in [2.45, 2.75) is 79.2 Å². The van der Waals surface area contributed by atoms with Crippen LogP contribution >= 0.6 is 0 Å². The zero-order chi connectivity index (χ0) is 18.7. The van der Waals surface area contributed by atoms with Crippen molar-refractivity contribution in [1.82, 2.24) is 4.90 Å². The highest BCUT2D eigenvalue weighted by Crippen LogP contribution is 2.19. The Morgan fingerprint density at radius 1 is 1.08 bits per heavy atom. The molecule has 0 saturated carbocycles. The molecular formula is C23H37NO. The fraction of sp³-hybridized carbons (Fsp3) is 0.609. The number of unbranched alkanes of at least 4 members (excludes halogenated alkanes) is 2. The molecule has 0 aliphatic heterocycles. The van der Waals surface area contributed by atoms with E-state index >= 15 is 0 Å². The number of amides is 1. The van der Waals surface area contributed by atoms with Crippen molar-refractivity contribution in [2.75, 3.05) is 6.54 Å². The Kier molecular flexibility index (Phi) is 10.2. The minimum atomic E-state index is 0.289. The molecular weight excluding hydrogens is 306 g/mol. The normalized spacial score (nSPS) is 13.1. The number of benzene rings is 1. The fourth-order valence-electron chi connectivity index (χ4n) is 2.98. The van der Waals surface area contributed by atoms with Crippen LogP contribution in [0.4, 0.5) is 0 Å². The van der Waals surface area contributed by atoms with Crippen molar-refractivity contribution in [3.05, 3.63) is 41.5 Å². The van der Waals surface area contributed by atoms with E-state index in [4.69, 9.17) is 0 Å². The minimum Gasteiger partial charge on any atom is -0.336 e. The van der Waals surface area contributed by atoms with Crippen LogP contribution < -0.4 is 0 Å². The van der Waals surface area contributed by atoms with Gasteiger partial charge < -0.3 is 4.90 Å². The molecule has 0 aliphatic rings. The highest BCUT2D eigenvalue weighted by atomic mass is 16.2. The second kappa shape index (κ2) is 11.9. The lowest BCUT2D eigenvalue weighted by atomic mass is 10.0. The number of nitrogens with zero attached hydrogens (tertiary/aromatic N) is 1. The molecule has 140 valence electrons. The van der Waals surface area contributed by atoms with Gasteiger partial charge in [-0.1, -0.05) is 82.5 Å². The van der Waals surface area contributed by atoms with Gasteiger partial charge in [-0.15, -0.1) is 0 Å². The Hall–Kier alpha value is -1.57. The SMILES string of the molecule is CCCCC/C(=C\c1ccccc1)CN(C(=O)CC(C)C)[C@H](C)CC. The summed E-state index contributed by atoms with van der Waals surface area (Å²) >= 11 is 0. The quantitative estimate of drug-likeness (QED) is 0.430. The van der Waals surface area contributed by atoms with Crippen LogP contribution in [0, 0.1) is 5.92 Å². The predicted molar refractivity (Wildman–Crippen MR) is 109 cm³/mol. The molecule has 2 nitrogen and oxygen atoms in total. The van der Waals surface area contributed by atoms with Gasteiger partial charge in [0.05, 0.1) is 0 Å². The maximum Gasteiger partial charge on any atom is 0.223 e. The van der Waals surface area contributed by atoms with E-state index in [1.807, 2.05) is 6.07 Å². The molecule has 0 aliphatic carbocycles. The molecule has 0 N–H and O–H groups in total. The van der Waals surface area contributed by atoms with Gasteiger partial charge in [0.1, 0.15) is 0 Å². The standard InChI is InChI=1S/C23H37NO/c1-6-8-10-15-22(17-21-13-11-9-12-14-21)18-24(20(5)7-2)23(25)16-19(3)4/h9,11-14,17,19-20H,6-8,10,15-16,18H2,1-5H3/b22-17+/t20-/m1/s1. The van der Waals surface area contributed by atoms with Crippen LogP contribution in [0.25, 0.3) is 6.08 Å². The molecule has 0 unspecified atom stereocenters. The fourth-order valence-corrected chi connectivity index (χ4v) is 2.98. The first-order valence-electron chi connectivity index (χ1n) is 10.0. The van der Waals surface area contributed by atoms with E-state index in [2.05, 4.69) is 69.9 Å². The molecule has 0 aromatic heterocycles. The van der Waals surface area contributed by atoms with E-state index in [9.17, 15) is 4.79 Å². The highest BCUT2D eigenvalue weighted by Gasteiger charge is 2.20. The Morgan fingerprint density at radius 2 is 1.76 bits per heavy atom. The monoisotopic (exact) mass is 343 g/mol. The third-order valence-corrected chi connectivity index (χ3v) is 4.67. The third kappa shape index (κ3) is 8.38. The van der Waals surface area contributed by atoms with Crippen molar-refractivity contribution in [3.8, 4) is 0 Å². The lowest BCUT2D eigenvalue weighted by Crippen LogP contribution is -2.40. The van der Waals surface area contributed by atoms with Gasteiger partial charge in [-0.3, -0.25) is 4.79 Å². The zero-order valence-electron chi connectivity index (χ0n) is 16.9. The molecule has 1 aromatic carbocycles. The van der Waals surface area contributed by atoms with Gasteiger partial charge in [0.25, 0.3) is 0 Å². The van der Waals surface area contributed by atoms with Gasteiger partial charge in [0, 0.05) is 19.0 Å². The first-order valence-corrected chi connectivity index (χ1v) is 10.0. The van der Waals surface area contributed by atoms with E-state index < -0.39 is 0 Å². The van der Waals surface area contributed by atoms with Crippen LogP contribution in [0.15, 0.2) is 35.9 Å². The largest absolute Gasteiger partial charge is 0.336 e. The molecule has 2 heteroatoms. The summed E-state index contributed by atoms with van der Waals surface area (Å²) in [6.07, 6.45) is 8.66. The summed E-state index contributed by atoms with van der Waals surface area (Å²) in [6.45, 7) is 11.6. The summed E-state index contributed by atoms with van der Waals surface area (Å²) in [5, 5.41) is 0. The van der Waals surface area contributed by atoms with Crippen molar-refractivity contribution >= 4 is 12.0 Å². The number of rotatable bonds is 11. The molecule has 0 heterocycles. The molecule has 1 atom stereocenters. The first-order chi connectivity index (χ1) is 12.0. The Bertz CT molecular complexity index is 518. The Labute approximate surface area is 155 Å². The summed E-state index contributed by atoms with van der Waals surface area (Å²) < 4.78 is 0. The Balaban J connectivity index is 2.96. The van der Waals surface area contributed by atoms with E-state index in [0.717, 1.165) is 19.4 Å². The van der Waals surface area contributed by atoms with Gasteiger partial charge in [0.15, 0.2) is 0 Å². The van der Waals surface area contributed by atoms with Crippen LogP contribution in [0.1, 0.15) is 78.7 Å². The molecule has 1 aromatic rings. The predicted octanol–water partition coefficient (Wildman–Crippen LogP) is 6.32. The number of carbonyl (C=O) groups is 1. The molecule has 0 bridgehead atoms. The maximum absolute atomic E-state index is 12.8. The topological polar surface area (TPSA) is 20.3 Å². The molecule has 1 amide bonds. The van der Waals surface area contributed by atoms with Crippen LogP contribution in [0.5, 0.6) is 0 Å². The van der Waals surface area contributed by atoms with E-state index in [1.54, 1.807) is 0 Å². The van der Waals surface area contributed by atoms with Crippen molar-refractivity contribution < 1.29 is 4.79 Å². The van der Waals surface area contributed by atoms with Crippen LogP contribution in [-0.4, -0.2) is 23.4 Å². The summed E-state index contributed by atoms with van der Waals surface area (Å²) in [4.78, 5) is 14.9. The van der Waals surface area contributed by atoms with E-state index in [-0.39, 0.29) is 6.04 Å². The molecule has 0 fully saturated rings. The van der Waals surface area contributed by atoms with Crippen molar-refractivity contribution in [3.63, 3.8) is 0 Å². The summed E-state index contributed by atoms with van der Waals surface area (Å²) in [5.74, 6) is 0.694. The Morgan fingerprint density at radius 3 is 2.32 bits per heavy atom. The molecule has 1 rings (SSSR count). The number of hydrogen-bond donors (Lipinski definition) is 0.